The van der Waals surface area contributed by atoms with Crippen molar-refractivity contribution in [3.63, 3.8) is 0 Å². The number of nitrogens with one attached hydrogen (secondary N) is 1. The first-order chi connectivity index (χ1) is 13.9. The number of benzene rings is 2. The van der Waals surface area contributed by atoms with Gasteiger partial charge >= 0.3 is 5.97 Å². The van der Waals surface area contributed by atoms with E-state index < -0.39 is 16.8 Å². The first-order valence-electron chi connectivity index (χ1n) is 8.47. The molecule has 0 saturated carbocycles. The van der Waals surface area contributed by atoms with Gasteiger partial charge in [-0.2, -0.15) is 5.10 Å². The normalized spacial score (nSPS) is 10.4. The van der Waals surface area contributed by atoms with E-state index in [1.807, 2.05) is 0 Å². The summed E-state index contributed by atoms with van der Waals surface area (Å²) in [6.45, 7) is 1.98. The molecule has 0 saturated heterocycles. The number of hydrogen-bond donors (Lipinski definition) is 1. The number of ether oxygens (including phenoxy) is 1. The van der Waals surface area contributed by atoms with Crippen LogP contribution in [0.4, 0.5) is 11.4 Å². The number of nitrogens with zero attached hydrogens (tertiary/aromatic N) is 3. The van der Waals surface area contributed by atoms with E-state index in [-0.39, 0.29) is 28.6 Å². The first kappa shape index (κ1) is 20.0. The highest BCUT2D eigenvalue weighted by atomic mass is 35.5. The van der Waals surface area contributed by atoms with Crippen molar-refractivity contribution in [3.05, 3.63) is 81.1 Å². The number of anilines is 1. The quantitative estimate of drug-likeness (QED) is 0.372. The van der Waals surface area contributed by atoms with E-state index in [4.69, 9.17) is 16.3 Å². The Hall–Kier alpha value is -3.72. The topological polar surface area (TPSA) is 116 Å². The number of rotatable bonds is 6. The maximum Gasteiger partial charge on any atom is 0.358 e. The molecular formula is C19H15ClN4O5. The van der Waals surface area contributed by atoms with Crippen molar-refractivity contribution in [2.45, 2.75) is 6.92 Å². The number of halogens is 1. The lowest BCUT2D eigenvalue weighted by Crippen LogP contribution is -2.12. The van der Waals surface area contributed by atoms with E-state index in [9.17, 15) is 19.7 Å². The predicted octanol–water partition coefficient (Wildman–Crippen LogP) is 3.86. The Kier molecular flexibility index (Phi) is 5.89. The number of amides is 1. The Bertz CT molecular complexity index is 1080. The predicted molar refractivity (Wildman–Crippen MR) is 106 cm³/mol. The molecule has 1 N–H and O–H groups in total. The van der Waals surface area contributed by atoms with Gasteiger partial charge in [0.15, 0.2) is 5.69 Å². The molecular weight excluding hydrogens is 400 g/mol. The van der Waals surface area contributed by atoms with Crippen LogP contribution < -0.4 is 5.32 Å². The third kappa shape index (κ3) is 4.58. The number of carbonyl (C=O) groups excluding carboxylic acids is 2. The summed E-state index contributed by atoms with van der Waals surface area (Å²) in [5.74, 6) is -1.00. The maximum atomic E-state index is 12.4. The summed E-state index contributed by atoms with van der Waals surface area (Å²) in [5, 5.41) is 17.6. The van der Waals surface area contributed by atoms with Crippen LogP contribution in [0.1, 0.15) is 27.8 Å². The number of non-ortho nitro benzene ring substituents is 1. The summed E-state index contributed by atoms with van der Waals surface area (Å²) < 4.78 is 6.41. The summed E-state index contributed by atoms with van der Waals surface area (Å²) in [6, 6.07) is 11.9. The van der Waals surface area contributed by atoms with Crippen molar-refractivity contribution in [1.82, 2.24) is 9.78 Å². The van der Waals surface area contributed by atoms with E-state index in [2.05, 4.69) is 10.4 Å². The molecule has 9 nitrogen and oxygen atoms in total. The molecule has 1 heterocycles. The lowest BCUT2D eigenvalue weighted by Gasteiger charge is -2.08. The van der Waals surface area contributed by atoms with Gasteiger partial charge in [-0.25, -0.2) is 9.48 Å². The van der Waals surface area contributed by atoms with Crippen LogP contribution in [0.15, 0.2) is 54.7 Å². The number of aromatic nitrogens is 2. The van der Waals surface area contributed by atoms with Gasteiger partial charge in [-0.05, 0) is 43.3 Å². The average Bonchev–Trinajstić information content (AvgIpc) is 3.19. The van der Waals surface area contributed by atoms with E-state index in [0.29, 0.717) is 11.4 Å². The van der Waals surface area contributed by atoms with E-state index in [1.165, 1.54) is 16.8 Å². The van der Waals surface area contributed by atoms with Gasteiger partial charge in [0.05, 0.1) is 27.8 Å². The van der Waals surface area contributed by atoms with Gasteiger partial charge < -0.3 is 10.1 Å². The van der Waals surface area contributed by atoms with Crippen LogP contribution in [0.25, 0.3) is 5.69 Å². The highest BCUT2D eigenvalue weighted by molar-refractivity contribution is 6.34. The number of carbonyl (C=O) groups is 2. The van der Waals surface area contributed by atoms with Gasteiger partial charge in [-0.15, -0.1) is 0 Å². The maximum absolute atomic E-state index is 12.4. The summed E-state index contributed by atoms with van der Waals surface area (Å²) in [5.41, 5.74) is 1.28. The van der Waals surface area contributed by atoms with E-state index in [1.54, 1.807) is 43.5 Å². The number of hydrogen-bond acceptors (Lipinski definition) is 6. The van der Waals surface area contributed by atoms with Crippen molar-refractivity contribution in [2.24, 2.45) is 0 Å². The van der Waals surface area contributed by atoms with Crippen LogP contribution >= 0.6 is 11.6 Å². The van der Waals surface area contributed by atoms with Crippen LogP contribution in [0.2, 0.25) is 5.02 Å². The largest absolute Gasteiger partial charge is 0.461 e. The minimum absolute atomic E-state index is 0.0173. The van der Waals surface area contributed by atoms with E-state index >= 15 is 0 Å². The molecule has 0 bridgehead atoms. The lowest BCUT2D eigenvalue weighted by atomic mass is 10.2. The highest BCUT2D eigenvalue weighted by Crippen LogP contribution is 2.23. The van der Waals surface area contributed by atoms with Gasteiger partial charge in [0.1, 0.15) is 0 Å². The Morgan fingerprint density at radius 1 is 1.21 bits per heavy atom. The molecule has 0 unspecified atom stereocenters. The molecule has 0 spiro atoms. The van der Waals surface area contributed by atoms with Gasteiger partial charge in [0.2, 0.25) is 0 Å². The van der Waals surface area contributed by atoms with Crippen molar-refractivity contribution in [2.75, 3.05) is 11.9 Å². The molecule has 0 radical (unpaired) electrons. The van der Waals surface area contributed by atoms with Crippen LogP contribution in [0.3, 0.4) is 0 Å². The van der Waals surface area contributed by atoms with Gasteiger partial charge in [-0.1, -0.05) is 11.6 Å². The Balaban J connectivity index is 1.72. The Morgan fingerprint density at radius 2 is 1.93 bits per heavy atom. The van der Waals surface area contributed by atoms with Gasteiger partial charge in [0.25, 0.3) is 11.6 Å². The molecule has 3 aromatic rings. The fourth-order valence-electron chi connectivity index (χ4n) is 2.48. The molecule has 10 heteroatoms. The fraction of sp³-hybridized carbons (Fsp3) is 0.105. The second kappa shape index (κ2) is 8.53. The molecule has 1 aromatic heterocycles. The molecule has 0 fully saturated rings. The minimum Gasteiger partial charge on any atom is -0.461 e. The van der Waals surface area contributed by atoms with Crippen LogP contribution in [-0.2, 0) is 4.74 Å². The standard InChI is InChI=1S/C19H15ClN4O5/c1-2-29-19(26)17-9-10-23(22-17)13-5-3-12(4-6-13)21-18(25)15-8-7-14(24(27)28)11-16(15)20/h3-11H,2H2,1H3,(H,21,25). The van der Waals surface area contributed by atoms with Gasteiger partial charge in [-0.3, -0.25) is 14.9 Å². The fourth-order valence-corrected chi connectivity index (χ4v) is 2.74. The zero-order valence-corrected chi connectivity index (χ0v) is 15.9. The zero-order chi connectivity index (χ0) is 21.0. The summed E-state index contributed by atoms with van der Waals surface area (Å²) in [6.07, 6.45) is 1.62. The molecule has 0 aliphatic rings. The smallest absolute Gasteiger partial charge is 0.358 e. The molecule has 1 amide bonds. The first-order valence-corrected chi connectivity index (χ1v) is 8.85. The second-order valence-corrected chi connectivity index (χ2v) is 6.20. The Labute approximate surface area is 170 Å². The van der Waals surface area contributed by atoms with Gasteiger partial charge in [0, 0.05) is 24.0 Å². The molecule has 29 heavy (non-hydrogen) atoms. The molecule has 3 rings (SSSR count). The van der Waals surface area contributed by atoms with Crippen LogP contribution in [0.5, 0.6) is 0 Å². The third-order valence-corrected chi connectivity index (χ3v) is 4.18. The average molecular weight is 415 g/mol. The number of nitro groups is 1. The lowest BCUT2D eigenvalue weighted by molar-refractivity contribution is -0.384. The van der Waals surface area contributed by atoms with E-state index in [0.717, 1.165) is 6.07 Å². The zero-order valence-electron chi connectivity index (χ0n) is 15.2. The van der Waals surface area contributed by atoms with Crippen LogP contribution in [-0.4, -0.2) is 33.2 Å². The van der Waals surface area contributed by atoms with Crippen molar-refractivity contribution < 1.29 is 19.2 Å². The van der Waals surface area contributed by atoms with Crippen molar-refractivity contribution in [3.8, 4) is 5.69 Å². The molecule has 0 aliphatic carbocycles. The molecule has 0 aliphatic heterocycles. The summed E-state index contributed by atoms with van der Waals surface area (Å²) in [4.78, 5) is 34.2. The molecule has 2 aromatic carbocycles. The van der Waals surface area contributed by atoms with Crippen molar-refractivity contribution >= 4 is 34.9 Å². The molecule has 148 valence electrons. The minimum atomic E-state index is -0.588. The monoisotopic (exact) mass is 414 g/mol. The number of esters is 1. The SMILES string of the molecule is CCOC(=O)c1ccn(-c2ccc(NC(=O)c3ccc([N+](=O)[O-])cc3Cl)cc2)n1. The Morgan fingerprint density at radius 3 is 2.55 bits per heavy atom. The van der Waals surface area contributed by atoms with Crippen molar-refractivity contribution in [1.29, 1.82) is 0 Å². The highest BCUT2D eigenvalue weighted by Gasteiger charge is 2.15. The summed E-state index contributed by atoms with van der Waals surface area (Å²) in [7, 11) is 0. The summed E-state index contributed by atoms with van der Waals surface area (Å²) >= 11 is 5.98. The molecule has 0 atom stereocenters. The van der Waals surface area contributed by atoms with Crippen LogP contribution in [0, 0.1) is 10.1 Å². The number of nitro benzene ring substituents is 1. The second-order valence-electron chi connectivity index (χ2n) is 5.79. The third-order valence-electron chi connectivity index (χ3n) is 3.87.